The van der Waals surface area contributed by atoms with Crippen LogP contribution in [-0.4, -0.2) is 9.78 Å². The Hall–Kier alpha value is -1.55. The minimum atomic E-state index is -0.338. The molecular formula is C13H14ClFN2O. The second-order valence-electron chi connectivity index (χ2n) is 4.15. The highest BCUT2D eigenvalue weighted by molar-refractivity contribution is 6.30. The van der Waals surface area contributed by atoms with Gasteiger partial charge >= 0.3 is 0 Å². The Labute approximate surface area is 110 Å². The van der Waals surface area contributed by atoms with Crippen LogP contribution in [0.3, 0.4) is 0 Å². The molecule has 0 unspecified atom stereocenters. The molecule has 0 aliphatic rings. The van der Waals surface area contributed by atoms with Crippen molar-refractivity contribution in [3.8, 4) is 5.75 Å². The number of hydrogen-bond acceptors (Lipinski definition) is 2. The fourth-order valence-corrected chi connectivity index (χ4v) is 1.95. The maximum absolute atomic E-state index is 13.7. The van der Waals surface area contributed by atoms with Gasteiger partial charge in [-0.3, -0.25) is 4.68 Å². The topological polar surface area (TPSA) is 27.1 Å². The second kappa shape index (κ2) is 4.98. The molecule has 2 rings (SSSR count). The number of aromatic nitrogens is 2. The van der Waals surface area contributed by atoms with E-state index in [4.69, 9.17) is 16.3 Å². The summed E-state index contributed by atoms with van der Waals surface area (Å²) < 4.78 is 20.8. The van der Waals surface area contributed by atoms with Crippen molar-refractivity contribution in [3.63, 3.8) is 0 Å². The molecule has 0 saturated heterocycles. The Morgan fingerprint density at radius 1 is 1.39 bits per heavy atom. The molecule has 0 amide bonds. The Kier molecular flexibility index (Phi) is 3.57. The summed E-state index contributed by atoms with van der Waals surface area (Å²) in [5.74, 6) is -0.107. The molecule has 96 valence electrons. The van der Waals surface area contributed by atoms with E-state index in [0.29, 0.717) is 10.7 Å². The predicted octanol–water partition coefficient (Wildman–Crippen LogP) is 3.41. The van der Waals surface area contributed by atoms with Crippen molar-refractivity contribution in [1.82, 2.24) is 9.78 Å². The second-order valence-corrected chi connectivity index (χ2v) is 4.51. The van der Waals surface area contributed by atoms with Crippen LogP contribution in [0.15, 0.2) is 18.2 Å². The van der Waals surface area contributed by atoms with Crippen LogP contribution in [0, 0.1) is 19.7 Å². The first-order chi connectivity index (χ1) is 8.50. The van der Waals surface area contributed by atoms with Gasteiger partial charge in [0.1, 0.15) is 11.8 Å². The van der Waals surface area contributed by atoms with Crippen molar-refractivity contribution >= 4 is 11.6 Å². The van der Waals surface area contributed by atoms with Crippen LogP contribution in [0.4, 0.5) is 4.39 Å². The Bertz CT molecular complexity index is 581. The molecule has 0 saturated carbocycles. The SMILES string of the molecule is Cc1cccc(OCc2c(C)nn(C)c2Cl)c1F. The molecule has 1 aromatic carbocycles. The predicted molar refractivity (Wildman–Crippen MR) is 68.4 cm³/mol. The standard InChI is InChI=1S/C13H14ClFN2O/c1-8-5-4-6-11(12(8)15)18-7-10-9(2)16-17(3)13(10)14/h4-6H,7H2,1-3H3. The van der Waals surface area contributed by atoms with Gasteiger partial charge in [-0.1, -0.05) is 23.7 Å². The van der Waals surface area contributed by atoms with E-state index in [1.54, 1.807) is 36.9 Å². The van der Waals surface area contributed by atoms with Gasteiger partial charge in [-0.2, -0.15) is 5.10 Å². The Morgan fingerprint density at radius 2 is 2.11 bits per heavy atom. The summed E-state index contributed by atoms with van der Waals surface area (Å²) in [6, 6.07) is 5.05. The van der Waals surface area contributed by atoms with E-state index in [9.17, 15) is 4.39 Å². The summed E-state index contributed by atoms with van der Waals surface area (Å²) in [7, 11) is 1.76. The van der Waals surface area contributed by atoms with Gasteiger partial charge in [-0.15, -0.1) is 0 Å². The van der Waals surface area contributed by atoms with Gasteiger partial charge in [-0.25, -0.2) is 4.39 Å². The van der Waals surface area contributed by atoms with Gasteiger partial charge in [0.25, 0.3) is 0 Å². The molecule has 0 fully saturated rings. The summed E-state index contributed by atoms with van der Waals surface area (Å²) in [6.45, 7) is 3.75. The van der Waals surface area contributed by atoms with E-state index in [2.05, 4.69) is 5.10 Å². The molecule has 0 spiro atoms. The van der Waals surface area contributed by atoms with Crippen molar-refractivity contribution in [2.45, 2.75) is 20.5 Å². The Balaban J connectivity index is 2.19. The van der Waals surface area contributed by atoms with Gasteiger partial charge in [0, 0.05) is 12.6 Å². The third kappa shape index (κ3) is 2.34. The van der Waals surface area contributed by atoms with Gasteiger partial charge in [0.05, 0.1) is 5.69 Å². The van der Waals surface area contributed by atoms with Crippen molar-refractivity contribution in [3.05, 3.63) is 46.0 Å². The number of halogens is 2. The van der Waals surface area contributed by atoms with Crippen molar-refractivity contribution in [2.24, 2.45) is 7.05 Å². The lowest BCUT2D eigenvalue weighted by atomic mass is 10.2. The third-order valence-corrected chi connectivity index (χ3v) is 3.27. The maximum Gasteiger partial charge on any atom is 0.167 e. The first-order valence-corrected chi connectivity index (χ1v) is 5.94. The summed E-state index contributed by atoms with van der Waals surface area (Å²) >= 11 is 6.08. The fraction of sp³-hybridized carbons (Fsp3) is 0.308. The smallest absolute Gasteiger partial charge is 0.167 e. The van der Waals surface area contributed by atoms with Crippen LogP contribution in [0.5, 0.6) is 5.75 Å². The number of aryl methyl sites for hydroxylation is 3. The molecule has 0 N–H and O–H groups in total. The van der Waals surface area contributed by atoms with Crippen LogP contribution in [-0.2, 0) is 13.7 Å². The molecule has 1 aromatic heterocycles. The van der Waals surface area contributed by atoms with Gasteiger partial charge in [0.15, 0.2) is 11.6 Å². The van der Waals surface area contributed by atoms with Crippen molar-refractivity contribution < 1.29 is 9.13 Å². The zero-order chi connectivity index (χ0) is 13.3. The molecule has 1 heterocycles. The number of hydrogen-bond donors (Lipinski definition) is 0. The van der Waals surface area contributed by atoms with E-state index in [1.165, 1.54) is 0 Å². The average Bonchev–Trinajstić information content (AvgIpc) is 2.56. The Morgan fingerprint density at radius 3 is 2.72 bits per heavy atom. The maximum atomic E-state index is 13.7. The van der Waals surface area contributed by atoms with Gasteiger partial charge in [0.2, 0.25) is 0 Å². The molecule has 0 radical (unpaired) electrons. The largest absolute Gasteiger partial charge is 0.486 e. The lowest BCUT2D eigenvalue weighted by Crippen LogP contribution is -1.99. The van der Waals surface area contributed by atoms with Crippen molar-refractivity contribution in [1.29, 1.82) is 0 Å². The lowest BCUT2D eigenvalue weighted by molar-refractivity contribution is 0.289. The molecule has 2 aromatic rings. The van der Waals surface area contributed by atoms with E-state index in [1.807, 2.05) is 6.92 Å². The summed E-state index contributed by atoms with van der Waals surface area (Å²) in [6.07, 6.45) is 0. The van der Waals surface area contributed by atoms with Crippen LogP contribution in [0.2, 0.25) is 5.15 Å². The van der Waals surface area contributed by atoms with Crippen molar-refractivity contribution in [2.75, 3.05) is 0 Å². The monoisotopic (exact) mass is 268 g/mol. The number of nitrogens with zero attached hydrogens (tertiary/aromatic N) is 2. The zero-order valence-electron chi connectivity index (χ0n) is 10.5. The first kappa shape index (κ1) is 12.9. The van der Waals surface area contributed by atoms with Crippen LogP contribution >= 0.6 is 11.6 Å². The molecule has 0 aliphatic heterocycles. The summed E-state index contributed by atoms with van der Waals surface area (Å²) in [5.41, 5.74) is 2.12. The van der Waals surface area contributed by atoms with E-state index >= 15 is 0 Å². The van der Waals surface area contributed by atoms with Gasteiger partial charge < -0.3 is 4.74 Å². The number of benzene rings is 1. The van der Waals surface area contributed by atoms with Crippen LogP contribution < -0.4 is 4.74 Å². The van der Waals surface area contributed by atoms with Crippen LogP contribution in [0.25, 0.3) is 0 Å². The molecule has 0 atom stereocenters. The summed E-state index contributed by atoms with van der Waals surface area (Å²) in [5, 5.41) is 4.69. The molecular weight excluding hydrogens is 255 g/mol. The summed E-state index contributed by atoms with van der Waals surface area (Å²) in [4.78, 5) is 0. The van der Waals surface area contributed by atoms with Crippen LogP contribution in [0.1, 0.15) is 16.8 Å². The minimum absolute atomic E-state index is 0.207. The number of ether oxygens (including phenoxy) is 1. The zero-order valence-corrected chi connectivity index (χ0v) is 11.3. The molecule has 0 aliphatic carbocycles. The third-order valence-electron chi connectivity index (χ3n) is 2.80. The molecule has 18 heavy (non-hydrogen) atoms. The fourth-order valence-electron chi connectivity index (χ4n) is 1.72. The van der Waals surface area contributed by atoms with E-state index in [0.717, 1.165) is 11.3 Å². The molecule has 3 nitrogen and oxygen atoms in total. The minimum Gasteiger partial charge on any atom is -0.486 e. The highest BCUT2D eigenvalue weighted by Gasteiger charge is 2.13. The normalized spacial score (nSPS) is 10.7. The number of rotatable bonds is 3. The molecule has 0 bridgehead atoms. The molecule has 5 heteroatoms. The average molecular weight is 269 g/mol. The highest BCUT2D eigenvalue weighted by atomic mass is 35.5. The van der Waals surface area contributed by atoms with Gasteiger partial charge in [-0.05, 0) is 25.5 Å². The van der Waals surface area contributed by atoms with E-state index in [-0.39, 0.29) is 18.2 Å². The quantitative estimate of drug-likeness (QED) is 0.853. The first-order valence-electron chi connectivity index (χ1n) is 5.56. The highest BCUT2D eigenvalue weighted by Crippen LogP contribution is 2.24. The van der Waals surface area contributed by atoms with E-state index < -0.39 is 0 Å². The lowest BCUT2D eigenvalue weighted by Gasteiger charge is -2.08.